The zero-order valence-electron chi connectivity index (χ0n) is 7.33. The number of halogens is 1. The van der Waals surface area contributed by atoms with Crippen molar-refractivity contribution in [2.24, 2.45) is 0 Å². The van der Waals surface area contributed by atoms with Crippen LogP contribution in [0.4, 0.5) is 4.39 Å². The van der Waals surface area contributed by atoms with E-state index >= 15 is 0 Å². The Bertz CT molecular complexity index is 304. The zero-order valence-corrected chi connectivity index (χ0v) is 7.33. The maximum atomic E-state index is 12.9. The van der Waals surface area contributed by atoms with E-state index in [4.69, 9.17) is 0 Å². The Morgan fingerprint density at radius 3 is 2.77 bits per heavy atom. The summed E-state index contributed by atoms with van der Waals surface area (Å²) in [6, 6.07) is 2.75. The fourth-order valence-electron chi connectivity index (χ4n) is 1.79. The van der Waals surface area contributed by atoms with Crippen LogP contribution in [0.5, 0.6) is 0 Å². The topological polar surface area (TPSA) is 33.1 Å². The first-order chi connectivity index (χ1) is 6.27. The summed E-state index contributed by atoms with van der Waals surface area (Å²) in [6.07, 6.45) is 4.39. The van der Waals surface area contributed by atoms with Crippen LogP contribution in [0.15, 0.2) is 18.3 Å². The van der Waals surface area contributed by atoms with Gasteiger partial charge in [-0.2, -0.15) is 0 Å². The van der Waals surface area contributed by atoms with Crippen LogP contribution in [0.2, 0.25) is 0 Å². The fraction of sp³-hybridized carbons (Fsp3) is 0.500. The standard InChI is InChI=1S/C10H12FNO/c11-8-2-5-12-9(6-8)10(7-13)3-1-4-10/h2,5-6,13H,1,3-4,7H2. The van der Waals surface area contributed by atoms with E-state index < -0.39 is 0 Å². The highest BCUT2D eigenvalue weighted by Gasteiger charge is 2.39. The lowest BCUT2D eigenvalue weighted by Crippen LogP contribution is -2.38. The minimum atomic E-state index is -0.273. The smallest absolute Gasteiger partial charge is 0.126 e. The van der Waals surface area contributed by atoms with Crippen molar-refractivity contribution in [2.75, 3.05) is 6.61 Å². The lowest BCUT2D eigenvalue weighted by Gasteiger charge is -2.39. The molecule has 0 spiro atoms. The van der Waals surface area contributed by atoms with Crippen LogP contribution in [0.3, 0.4) is 0 Å². The van der Waals surface area contributed by atoms with Gasteiger partial charge in [-0.3, -0.25) is 4.98 Å². The molecule has 0 bridgehead atoms. The van der Waals surface area contributed by atoms with E-state index in [1.807, 2.05) is 0 Å². The van der Waals surface area contributed by atoms with E-state index in [0.29, 0.717) is 5.69 Å². The van der Waals surface area contributed by atoms with Crippen molar-refractivity contribution in [1.29, 1.82) is 0 Å². The number of rotatable bonds is 2. The van der Waals surface area contributed by atoms with E-state index in [0.717, 1.165) is 19.3 Å². The molecule has 1 fully saturated rings. The maximum absolute atomic E-state index is 12.9. The van der Waals surface area contributed by atoms with E-state index in [9.17, 15) is 9.50 Å². The molecule has 0 radical (unpaired) electrons. The van der Waals surface area contributed by atoms with Gasteiger partial charge in [0.2, 0.25) is 0 Å². The van der Waals surface area contributed by atoms with Gasteiger partial charge in [0.15, 0.2) is 0 Å². The van der Waals surface area contributed by atoms with Crippen molar-refractivity contribution in [3.05, 3.63) is 29.8 Å². The average Bonchev–Trinajstić information content (AvgIpc) is 2.03. The molecule has 0 atom stereocenters. The van der Waals surface area contributed by atoms with Crippen molar-refractivity contribution in [3.8, 4) is 0 Å². The molecule has 2 rings (SSSR count). The molecule has 3 heteroatoms. The molecular weight excluding hydrogens is 169 g/mol. The van der Waals surface area contributed by atoms with Gasteiger partial charge in [-0.05, 0) is 25.0 Å². The number of nitrogens with zero attached hydrogens (tertiary/aromatic N) is 1. The van der Waals surface area contributed by atoms with Gasteiger partial charge < -0.3 is 5.11 Å². The lowest BCUT2D eigenvalue weighted by molar-refractivity contribution is 0.116. The zero-order chi connectivity index (χ0) is 9.31. The van der Waals surface area contributed by atoms with Crippen LogP contribution in [-0.2, 0) is 5.41 Å². The third kappa shape index (κ3) is 1.33. The highest BCUT2D eigenvalue weighted by atomic mass is 19.1. The monoisotopic (exact) mass is 181 g/mol. The molecular formula is C10H12FNO. The first-order valence-corrected chi connectivity index (χ1v) is 4.50. The largest absolute Gasteiger partial charge is 0.395 e. The molecule has 1 saturated carbocycles. The SMILES string of the molecule is OCC1(c2cc(F)ccn2)CCC1. The predicted octanol–water partition coefficient (Wildman–Crippen LogP) is 1.63. The highest BCUT2D eigenvalue weighted by molar-refractivity contribution is 5.21. The van der Waals surface area contributed by atoms with Crippen molar-refractivity contribution in [1.82, 2.24) is 4.98 Å². The van der Waals surface area contributed by atoms with Crippen LogP contribution >= 0.6 is 0 Å². The molecule has 1 aliphatic carbocycles. The fourth-order valence-corrected chi connectivity index (χ4v) is 1.79. The number of hydrogen-bond acceptors (Lipinski definition) is 2. The summed E-state index contributed by atoms with van der Waals surface area (Å²) in [7, 11) is 0. The average molecular weight is 181 g/mol. The molecule has 1 aliphatic rings. The summed E-state index contributed by atoms with van der Waals surface area (Å²) < 4.78 is 12.9. The normalized spacial score (nSPS) is 19.5. The molecule has 0 amide bonds. The predicted molar refractivity (Wildman–Crippen MR) is 46.8 cm³/mol. The van der Waals surface area contributed by atoms with Crippen molar-refractivity contribution >= 4 is 0 Å². The van der Waals surface area contributed by atoms with Gasteiger partial charge in [-0.1, -0.05) is 6.42 Å². The number of hydrogen-bond donors (Lipinski definition) is 1. The first-order valence-electron chi connectivity index (χ1n) is 4.50. The van der Waals surface area contributed by atoms with Gasteiger partial charge in [-0.25, -0.2) is 4.39 Å². The summed E-state index contributed by atoms with van der Waals surface area (Å²) in [6.45, 7) is 0.0729. The quantitative estimate of drug-likeness (QED) is 0.752. The van der Waals surface area contributed by atoms with Gasteiger partial charge >= 0.3 is 0 Å². The minimum absolute atomic E-state index is 0.0729. The van der Waals surface area contributed by atoms with E-state index in [1.165, 1.54) is 18.3 Å². The Morgan fingerprint density at radius 2 is 2.31 bits per heavy atom. The van der Waals surface area contributed by atoms with Gasteiger partial charge in [0, 0.05) is 11.6 Å². The molecule has 0 saturated heterocycles. The second kappa shape index (κ2) is 3.07. The highest BCUT2D eigenvalue weighted by Crippen LogP contribution is 2.42. The van der Waals surface area contributed by atoms with E-state index in [1.54, 1.807) is 0 Å². The Morgan fingerprint density at radius 1 is 1.54 bits per heavy atom. The van der Waals surface area contributed by atoms with Crippen molar-refractivity contribution in [3.63, 3.8) is 0 Å². The van der Waals surface area contributed by atoms with Gasteiger partial charge in [0.25, 0.3) is 0 Å². The Hall–Kier alpha value is -0.960. The van der Waals surface area contributed by atoms with Crippen molar-refractivity contribution < 1.29 is 9.50 Å². The van der Waals surface area contributed by atoms with Gasteiger partial charge in [0.1, 0.15) is 5.82 Å². The summed E-state index contributed by atoms with van der Waals surface area (Å²) in [5.41, 5.74) is 0.448. The van der Waals surface area contributed by atoms with E-state index in [2.05, 4.69) is 4.98 Å². The summed E-state index contributed by atoms with van der Waals surface area (Å²) >= 11 is 0. The van der Waals surface area contributed by atoms with Crippen LogP contribution in [0, 0.1) is 5.82 Å². The molecule has 13 heavy (non-hydrogen) atoms. The molecule has 1 N–H and O–H groups in total. The maximum Gasteiger partial charge on any atom is 0.126 e. The van der Waals surface area contributed by atoms with Crippen LogP contribution < -0.4 is 0 Å². The Kier molecular flexibility index (Phi) is 2.04. The van der Waals surface area contributed by atoms with Crippen LogP contribution in [-0.4, -0.2) is 16.7 Å². The Balaban J connectivity index is 2.33. The van der Waals surface area contributed by atoms with Crippen LogP contribution in [0.1, 0.15) is 25.0 Å². The summed E-state index contributed by atoms with van der Waals surface area (Å²) in [5.74, 6) is -0.273. The van der Waals surface area contributed by atoms with Gasteiger partial charge in [-0.15, -0.1) is 0 Å². The molecule has 70 valence electrons. The Labute approximate surface area is 76.4 Å². The molecule has 1 aromatic heterocycles. The second-order valence-corrected chi connectivity index (χ2v) is 3.65. The van der Waals surface area contributed by atoms with E-state index in [-0.39, 0.29) is 17.8 Å². The molecule has 1 heterocycles. The lowest BCUT2D eigenvalue weighted by atomic mass is 9.67. The number of pyridine rings is 1. The first kappa shape index (κ1) is 8.63. The second-order valence-electron chi connectivity index (χ2n) is 3.65. The number of aromatic nitrogens is 1. The summed E-state index contributed by atoms with van der Waals surface area (Å²) in [4.78, 5) is 4.10. The number of aliphatic hydroxyl groups excluding tert-OH is 1. The van der Waals surface area contributed by atoms with Crippen LogP contribution in [0.25, 0.3) is 0 Å². The third-order valence-corrected chi connectivity index (χ3v) is 2.88. The molecule has 2 nitrogen and oxygen atoms in total. The third-order valence-electron chi connectivity index (χ3n) is 2.88. The molecule has 0 unspecified atom stereocenters. The number of aliphatic hydroxyl groups is 1. The van der Waals surface area contributed by atoms with Gasteiger partial charge in [0.05, 0.1) is 12.3 Å². The van der Waals surface area contributed by atoms with Crippen molar-refractivity contribution in [2.45, 2.75) is 24.7 Å². The summed E-state index contributed by atoms with van der Waals surface area (Å²) in [5, 5.41) is 9.22. The molecule has 1 aromatic rings. The minimum Gasteiger partial charge on any atom is -0.395 e. The molecule has 0 aromatic carbocycles. The molecule has 0 aliphatic heterocycles.